The number of alkyl halides is 2. The molecule has 0 saturated carbocycles. The van der Waals surface area contributed by atoms with Gasteiger partial charge in [0, 0.05) is 18.3 Å². The fraction of sp³-hybridized carbons (Fsp3) is 0.300. The summed E-state index contributed by atoms with van der Waals surface area (Å²) in [5.74, 6) is -0.705. The maximum atomic E-state index is 13.1. The van der Waals surface area contributed by atoms with E-state index in [-0.39, 0.29) is 23.8 Å². The van der Waals surface area contributed by atoms with E-state index in [1.807, 2.05) is 30.3 Å². The number of ether oxygens (including phenoxy) is 3. The number of anilines is 1. The summed E-state index contributed by atoms with van der Waals surface area (Å²) in [7, 11) is 0. The summed E-state index contributed by atoms with van der Waals surface area (Å²) in [6.07, 6.45) is -3.16. The number of rotatable bonds is 4. The standard InChI is InChI=1S/C20H18F2N2O5/c21-20(22)28-16-9-8-14(11-17(16)29-20)23-18(25)15-7-4-10-24(15)19(26)27-12-13-5-2-1-3-6-13/h1-3,5-6,8-9,11,15H,4,7,10,12H2,(H,23,25)/t15-/m0/s1. The SMILES string of the molecule is O=C(Nc1ccc2c(c1)OC(F)(F)O2)[C@@H]1CCCN1C(=O)OCc1ccccc1. The van der Waals surface area contributed by atoms with Crippen LogP contribution in [0.4, 0.5) is 19.3 Å². The first-order chi connectivity index (χ1) is 13.9. The van der Waals surface area contributed by atoms with Crippen molar-refractivity contribution in [2.24, 2.45) is 0 Å². The molecule has 0 unspecified atom stereocenters. The maximum Gasteiger partial charge on any atom is 0.586 e. The van der Waals surface area contributed by atoms with Crippen LogP contribution in [0.25, 0.3) is 0 Å². The number of carbonyl (C=O) groups excluding carboxylic acids is 2. The number of nitrogens with zero attached hydrogens (tertiary/aromatic N) is 1. The Morgan fingerprint density at radius 3 is 2.69 bits per heavy atom. The molecule has 0 spiro atoms. The van der Waals surface area contributed by atoms with Crippen LogP contribution in [0.5, 0.6) is 11.5 Å². The van der Waals surface area contributed by atoms with Gasteiger partial charge < -0.3 is 19.5 Å². The van der Waals surface area contributed by atoms with Crippen molar-refractivity contribution in [1.82, 2.24) is 4.90 Å². The van der Waals surface area contributed by atoms with E-state index in [2.05, 4.69) is 14.8 Å². The Labute approximate surface area is 165 Å². The molecule has 1 fully saturated rings. The molecule has 152 valence electrons. The van der Waals surface area contributed by atoms with E-state index < -0.39 is 24.3 Å². The third kappa shape index (κ3) is 4.23. The molecule has 2 aromatic rings. The normalized spacial score (nSPS) is 19.1. The number of fused-ring (bicyclic) bond motifs is 1. The molecule has 0 aromatic heterocycles. The molecule has 0 radical (unpaired) electrons. The molecule has 1 saturated heterocycles. The quantitative estimate of drug-likeness (QED) is 0.840. The average molecular weight is 404 g/mol. The van der Waals surface area contributed by atoms with Gasteiger partial charge in [0.2, 0.25) is 5.91 Å². The molecular formula is C20H18F2N2O5. The average Bonchev–Trinajstić information content (AvgIpc) is 3.29. The van der Waals surface area contributed by atoms with Gasteiger partial charge in [0.05, 0.1) is 0 Å². The number of benzene rings is 2. The number of nitrogens with one attached hydrogen (secondary N) is 1. The maximum absolute atomic E-state index is 13.1. The number of carbonyl (C=O) groups is 2. The van der Waals surface area contributed by atoms with E-state index in [9.17, 15) is 18.4 Å². The van der Waals surface area contributed by atoms with Gasteiger partial charge in [0.1, 0.15) is 12.6 Å². The Hall–Kier alpha value is -3.36. The van der Waals surface area contributed by atoms with E-state index >= 15 is 0 Å². The van der Waals surface area contributed by atoms with Crippen molar-refractivity contribution in [2.75, 3.05) is 11.9 Å². The van der Waals surface area contributed by atoms with Gasteiger partial charge in [-0.1, -0.05) is 30.3 Å². The predicted octanol–water partition coefficient (Wildman–Crippen LogP) is 3.75. The highest BCUT2D eigenvalue weighted by Gasteiger charge is 2.43. The third-order valence-corrected chi connectivity index (χ3v) is 4.66. The zero-order chi connectivity index (χ0) is 20.4. The molecule has 2 aliphatic heterocycles. The first kappa shape index (κ1) is 19.0. The van der Waals surface area contributed by atoms with E-state index in [0.29, 0.717) is 19.4 Å². The van der Waals surface area contributed by atoms with Gasteiger partial charge in [-0.2, -0.15) is 0 Å². The van der Waals surface area contributed by atoms with Crippen molar-refractivity contribution < 1.29 is 32.6 Å². The highest BCUT2D eigenvalue weighted by molar-refractivity contribution is 5.97. The van der Waals surface area contributed by atoms with Gasteiger partial charge >= 0.3 is 12.4 Å². The molecule has 7 nitrogen and oxygen atoms in total. The molecule has 2 amide bonds. The summed E-state index contributed by atoms with van der Waals surface area (Å²) in [5.41, 5.74) is 1.11. The lowest BCUT2D eigenvalue weighted by atomic mass is 10.2. The number of hydrogen-bond donors (Lipinski definition) is 1. The molecule has 29 heavy (non-hydrogen) atoms. The van der Waals surface area contributed by atoms with E-state index in [1.165, 1.54) is 23.1 Å². The smallest absolute Gasteiger partial charge is 0.445 e. The van der Waals surface area contributed by atoms with E-state index in [4.69, 9.17) is 4.74 Å². The van der Waals surface area contributed by atoms with Gasteiger partial charge in [-0.05, 0) is 30.5 Å². The molecule has 1 N–H and O–H groups in total. The summed E-state index contributed by atoms with van der Waals surface area (Å²) in [6.45, 7) is 0.514. The van der Waals surface area contributed by atoms with Gasteiger partial charge in [-0.15, -0.1) is 8.78 Å². The molecule has 2 aromatic carbocycles. The minimum atomic E-state index is -3.73. The van der Waals surface area contributed by atoms with Crippen LogP contribution in [0.15, 0.2) is 48.5 Å². The Kier molecular flexibility index (Phi) is 4.96. The summed E-state index contributed by atoms with van der Waals surface area (Å²) in [5, 5.41) is 2.63. The van der Waals surface area contributed by atoms with Crippen molar-refractivity contribution >= 4 is 17.7 Å². The Balaban J connectivity index is 1.37. The molecule has 4 rings (SSSR count). The zero-order valence-corrected chi connectivity index (χ0v) is 15.3. The van der Waals surface area contributed by atoms with Gasteiger partial charge in [0.25, 0.3) is 0 Å². The van der Waals surface area contributed by atoms with Crippen LogP contribution < -0.4 is 14.8 Å². The number of amides is 2. The lowest BCUT2D eigenvalue weighted by molar-refractivity contribution is -0.286. The molecule has 0 bridgehead atoms. The lowest BCUT2D eigenvalue weighted by Gasteiger charge is -2.23. The van der Waals surface area contributed by atoms with Crippen molar-refractivity contribution in [2.45, 2.75) is 31.8 Å². The molecule has 1 atom stereocenters. The van der Waals surface area contributed by atoms with Crippen LogP contribution in [-0.4, -0.2) is 35.8 Å². The summed E-state index contributed by atoms with van der Waals surface area (Å²) >= 11 is 0. The number of halogens is 2. The minimum absolute atomic E-state index is 0.111. The second-order valence-corrected chi connectivity index (χ2v) is 6.71. The van der Waals surface area contributed by atoms with E-state index in [1.54, 1.807) is 0 Å². The van der Waals surface area contributed by atoms with Crippen LogP contribution in [-0.2, 0) is 16.1 Å². The van der Waals surface area contributed by atoms with Crippen molar-refractivity contribution in [3.63, 3.8) is 0 Å². The zero-order valence-electron chi connectivity index (χ0n) is 15.3. The Bertz CT molecular complexity index is 922. The highest BCUT2D eigenvalue weighted by atomic mass is 19.3. The Morgan fingerprint density at radius 2 is 1.90 bits per heavy atom. The summed E-state index contributed by atoms with van der Waals surface area (Å²) in [4.78, 5) is 26.4. The Morgan fingerprint density at radius 1 is 1.14 bits per heavy atom. The second-order valence-electron chi connectivity index (χ2n) is 6.71. The molecule has 2 aliphatic rings. The largest absolute Gasteiger partial charge is 0.586 e. The topological polar surface area (TPSA) is 77.1 Å². The fourth-order valence-electron chi connectivity index (χ4n) is 3.31. The van der Waals surface area contributed by atoms with E-state index in [0.717, 1.165) is 5.56 Å². The minimum Gasteiger partial charge on any atom is -0.445 e. The monoisotopic (exact) mass is 404 g/mol. The summed E-state index contributed by atoms with van der Waals surface area (Å²) < 4.78 is 40.3. The summed E-state index contributed by atoms with van der Waals surface area (Å²) in [6, 6.07) is 12.5. The van der Waals surface area contributed by atoms with Gasteiger partial charge in [0.15, 0.2) is 11.5 Å². The van der Waals surface area contributed by atoms with Gasteiger partial charge in [-0.3, -0.25) is 9.69 Å². The third-order valence-electron chi connectivity index (χ3n) is 4.66. The number of likely N-dealkylation sites (tertiary alicyclic amines) is 1. The fourth-order valence-corrected chi connectivity index (χ4v) is 3.31. The highest BCUT2D eigenvalue weighted by Crippen LogP contribution is 2.42. The molecule has 2 heterocycles. The van der Waals surface area contributed by atoms with Crippen LogP contribution in [0.3, 0.4) is 0 Å². The van der Waals surface area contributed by atoms with Crippen molar-refractivity contribution in [3.05, 3.63) is 54.1 Å². The molecule has 0 aliphatic carbocycles. The van der Waals surface area contributed by atoms with Crippen LogP contribution >= 0.6 is 0 Å². The first-order valence-electron chi connectivity index (χ1n) is 9.09. The lowest BCUT2D eigenvalue weighted by Crippen LogP contribution is -2.43. The van der Waals surface area contributed by atoms with Crippen LogP contribution in [0.1, 0.15) is 18.4 Å². The first-order valence-corrected chi connectivity index (χ1v) is 9.09. The number of hydrogen-bond acceptors (Lipinski definition) is 5. The predicted molar refractivity (Wildman–Crippen MR) is 97.6 cm³/mol. The molecule has 9 heteroatoms. The van der Waals surface area contributed by atoms with Crippen LogP contribution in [0.2, 0.25) is 0 Å². The molecular weight excluding hydrogens is 386 g/mol. The van der Waals surface area contributed by atoms with Crippen LogP contribution in [0, 0.1) is 0 Å². The van der Waals surface area contributed by atoms with Gasteiger partial charge in [-0.25, -0.2) is 4.79 Å². The second kappa shape index (κ2) is 7.57. The van der Waals surface area contributed by atoms with Crippen molar-refractivity contribution in [1.29, 1.82) is 0 Å². The van der Waals surface area contributed by atoms with Crippen molar-refractivity contribution in [3.8, 4) is 11.5 Å².